The lowest BCUT2D eigenvalue weighted by atomic mass is 9.74. The van der Waals surface area contributed by atoms with Gasteiger partial charge >= 0.3 is 11.9 Å². The number of aliphatic carboxylic acids is 1. The van der Waals surface area contributed by atoms with Crippen LogP contribution < -0.4 is 0 Å². The second-order valence-electron chi connectivity index (χ2n) is 5.20. The molecule has 1 N–H and O–H groups in total. The number of hydrogen-bond acceptors (Lipinski definition) is 3. The predicted molar refractivity (Wildman–Crippen MR) is 81.3 cm³/mol. The first-order valence-electron chi connectivity index (χ1n) is 7.47. The Hall–Kier alpha value is -1.84. The Bertz CT molecular complexity index is 495. The van der Waals surface area contributed by atoms with Gasteiger partial charge in [-0.15, -0.1) is 0 Å². The lowest BCUT2D eigenvalue weighted by Crippen LogP contribution is -2.45. The summed E-state index contributed by atoms with van der Waals surface area (Å²) in [4.78, 5) is 24.4. The quantitative estimate of drug-likeness (QED) is 0.453. The van der Waals surface area contributed by atoms with Crippen molar-refractivity contribution in [3.8, 4) is 0 Å². The summed E-state index contributed by atoms with van der Waals surface area (Å²) in [5.41, 5.74) is -0.271. The molecule has 116 valence electrons. The van der Waals surface area contributed by atoms with Crippen LogP contribution in [0.25, 0.3) is 0 Å². The van der Waals surface area contributed by atoms with Gasteiger partial charge < -0.3 is 9.84 Å². The summed E-state index contributed by atoms with van der Waals surface area (Å²) in [6.45, 7) is 5.73. The van der Waals surface area contributed by atoms with E-state index in [-0.39, 0.29) is 13.0 Å². The van der Waals surface area contributed by atoms with Crippen molar-refractivity contribution in [1.29, 1.82) is 0 Å². The van der Waals surface area contributed by atoms with E-state index in [1.165, 1.54) is 0 Å². The fourth-order valence-corrected chi connectivity index (χ4v) is 2.60. The Morgan fingerprint density at radius 3 is 2.38 bits per heavy atom. The summed E-state index contributed by atoms with van der Waals surface area (Å²) >= 11 is 0. The summed E-state index contributed by atoms with van der Waals surface area (Å²) in [5, 5.41) is 9.80. The second kappa shape index (κ2) is 7.81. The van der Waals surface area contributed by atoms with Crippen LogP contribution in [0.3, 0.4) is 0 Å². The molecule has 1 aromatic rings. The smallest absolute Gasteiger partial charge is 0.328 e. The Morgan fingerprint density at radius 1 is 1.19 bits per heavy atom. The molecule has 0 aromatic heterocycles. The molecule has 1 atom stereocenters. The lowest BCUT2D eigenvalue weighted by molar-refractivity contribution is -0.162. The summed E-state index contributed by atoms with van der Waals surface area (Å²) < 4.78 is 5.09. The SMILES string of the molecule is CCCCCC(C(=O)O)(C(=O)OCC)c1ccccc1C. The molecule has 0 aliphatic rings. The van der Waals surface area contributed by atoms with Crippen LogP contribution in [0.2, 0.25) is 0 Å². The van der Waals surface area contributed by atoms with Crippen LogP contribution in [-0.4, -0.2) is 23.7 Å². The van der Waals surface area contributed by atoms with E-state index in [2.05, 4.69) is 0 Å². The molecule has 1 aromatic carbocycles. The molecule has 0 bridgehead atoms. The van der Waals surface area contributed by atoms with Crippen LogP contribution in [0.5, 0.6) is 0 Å². The first kappa shape index (κ1) is 17.2. The van der Waals surface area contributed by atoms with Crippen molar-refractivity contribution >= 4 is 11.9 Å². The van der Waals surface area contributed by atoms with Crippen LogP contribution in [0.4, 0.5) is 0 Å². The first-order chi connectivity index (χ1) is 10.0. The highest BCUT2D eigenvalue weighted by Crippen LogP contribution is 2.34. The number of aryl methyl sites for hydroxylation is 1. The molecule has 0 aliphatic carbocycles. The molecule has 4 heteroatoms. The zero-order valence-corrected chi connectivity index (χ0v) is 13.0. The molecule has 0 aliphatic heterocycles. The van der Waals surface area contributed by atoms with E-state index in [9.17, 15) is 14.7 Å². The van der Waals surface area contributed by atoms with Crippen molar-refractivity contribution in [2.24, 2.45) is 0 Å². The molecule has 0 saturated heterocycles. The highest BCUT2D eigenvalue weighted by atomic mass is 16.5. The van der Waals surface area contributed by atoms with Gasteiger partial charge in [0.15, 0.2) is 5.41 Å². The number of carboxylic acid groups (broad SMARTS) is 1. The van der Waals surface area contributed by atoms with Crippen LogP contribution in [0.15, 0.2) is 24.3 Å². The number of carbonyl (C=O) groups is 2. The van der Waals surface area contributed by atoms with Gasteiger partial charge in [0.25, 0.3) is 0 Å². The minimum atomic E-state index is -1.60. The van der Waals surface area contributed by atoms with Crippen LogP contribution in [0.1, 0.15) is 50.7 Å². The number of carbonyl (C=O) groups excluding carboxylic acids is 1. The van der Waals surface area contributed by atoms with E-state index in [4.69, 9.17) is 4.74 Å². The molecular weight excluding hydrogens is 268 g/mol. The molecule has 1 rings (SSSR count). The van der Waals surface area contributed by atoms with Gasteiger partial charge in [-0.2, -0.15) is 0 Å². The number of hydrogen-bond donors (Lipinski definition) is 1. The largest absolute Gasteiger partial charge is 0.480 e. The number of benzene rings is 1. The predicted octanol–water partition coefficient (Wildman–Crippen LogP) is 3.46. The summed E-state index contributed by atoms with van der Waals surface area (Å²) in [6.07, 6.45) is 2.79. The maximum Gasteiger partial charge on any atom is 0.328 e. The third-order valence-electron chi connectivity index (χ3n) is 3.75. The van der Waals surface area contributed by atoms with Gasteiger partial charge in [-0.1, -0.05) is 50.5 Å². The van der Waals surface area contributed by atoms with Gasteiger partial charge in [0, 0.05) is 0 Å². The first-order valence-corrected chi connectivity index (χ1v) is 7.47. The van der Waals surface area contributed by atoms with E-state index in [1.54, 1.807) is 19.1 Å². The normalized spacial score (nSPS) is 13.5. The highest BCUT2D eigenvalue weighted by Gasteiger charge is 2.49. The van der Waals surface area contributed by atoms with Gasteiger partial charge in [0.05, 0.1) is 6.61 Å². The number of rotatable bonds is 8. The van der Waals surface area contributed by atoms with Gasteiger partial charge in [0.2, 0.25) is 0 Å². The van der Waals surface area contributed by atoms with Crippen LogP contribution >= 0.6 is 0 Å². The maximum atomic E-state index is 12.5. The number of unbranched alkanes of at least 4 members (excludes halogenated alkanes) is 2. The maximum absolute atomic E-state index is 12.5. The van der Waals surface area contributed by atoms with Gasteiger partial charge in [-0.05, 0) is 31.4 Å². The summed E-state index contributed by atoms with van der Waals surface area (Å²) in [6, 6.07) is 7.14. The molecule has 0 radical (unpaired) electrons. The Morgan fingerprint density at radius 2 is 1.86 bits per heavy atom. The Balaban J connectivity index is 3.33. The average Bonchev–Trinajstić information content (AvgIpc) is 2.44. The molecule has 0 fully saturated rings. The van der Waals surface area contributed by atoms with E-state index >= 15 is 0 Å². The summed E-state index contributed by atoms with van der Waals surface area (Å²) in [7, 11) is 0. The molecule has 0 heterocycles. The zero-order valence-electron chi connectivity index (χ0n) is 13.0. The fraction of sp³-hybridized carbons (Fsp3) is 0.529. The molecule has 21 heavy (non-hydrogen) atoms. The monoisotopic (exact) mass is 292 g/mol. The number of ether oxygens (including phenoxy) is 1. The molecule has 1 unspecified atom stereocenters. The number of carboxylic acids is 1. The van der Waals surface area contributed by atoms with Crippen molar-refractivity contribution in [2.75, 3.05) is 6.61 Å². The van der Waals surface area contributed by atoms with Gasteiger partial charge in [-0.25, -0.2) is 0 Å². The average molecular weight is 292 g/mol. The standard InChI is InChI=1S/C17H24O4/c1-4-6-9-12-17(15(18)19,16(20)21-5-2)14-11-8-7-10-13(14)3/h7-8,10-11H,4-6,9,12H2,1-3H3,(H,18,19). The molecule has 4 nitrogen and oxygen atoms in total. The van der Waals surface area contributed by atoms with E-state index in [1.807, 2.05) is 26.0 Å². The third kappa shape index (κ3) is 3.63. The minimum absolute atomic E-state index is 0.174. The van der Waals surface area contributed by atoms with Gasteiger partial charge in [0.1, 0.15) is 0 Å². The minimum Gasteiger partial charge on any atom is -0.480 e. The van der Waals surface area contributed by atoms with Crippen LogP contribution in [-0.2, 0) is 19.7 Å². The molecule has 0 spiro atoms. The van der Waals surface area contributed by atoms with Crippen molar-refractivity contribution in [2.45, 2.75) is 51.9 Å². The van der Waals surface area contributed by atoms with E-state index in [0.29, 0.717) is 12.0 Å². The topological polar surface area (TPSA) is 63.6 Å². The molecular formula is C17H24O4. The van der Waals surface area contributed by atoms with Gasteiger partial charge in [-0.3, -0.25) is 9.59 Å². The molecule has 0 amide bonds. The van der Waals surface area contributed by atoms with E-state index < -0.39 is 17.4 Å². The third-order valence-corrected chi connectivity index (χ3v) is 3.75. The van der Waals surface area contributed by atoms with Crippen molar-refractivity contribution in [3.63, 3.8) is 0 Å². The second-order valence-corrected chi connectivity index (χ2v) is 5.20. The zero-order chi connectivity index (χ0) is 15.9. The van der Waals surface area contributed by atoms with Crippen molar-refractivity contribution < 1.29 is 19.4 Å². The van der Waals surface area contributed by atoms with Crippen LogP contribution in [0, 0.1) is 6.92 Å². The molecule has 0 saturated carbocycles. The Kier molecular flexibility index (Phi) is 6.40. The lowest BCUT2D eigenvalue weighted by Gasteiger charge is -2.29. The van der Waals surface area contributed by atoms with Crippen molar-refractivity contribution in [1.82, 2.24) is 0 Å². The Labute approximate surface area is 126 Å². The van der Waals surface area contributed by atoms with Crippen molar-refractivity contribution in [3.05, 3.63) is 35.4 Å². The summed E-state index contributed by atoms with van der Waals surface area (Å²) in [5.74, 6) is -1.80. The highest BCUT2D eigenvalue weighted by molar-refractivity contribution is 6.05. The fourth-order valence-electron chi connectivity index (χ4n) is 2.60. The number of esters is 1. The van der Waals surface area contributed by atoms with E-state index in [0.717, 1.165) is 18.4 Å².